The fourth-order valence-corrected chi connectivity index (χ4v) is 16.3. The third-order valence-electron chi connectivity index (χ3n) is 20.1. The Labute approximate surface area is 603 Å². The lowest BCUT2D eigenvalue weighted by Crippen LogP contribution is -2.09. The van der Waals surface area contributed by atoms with Crippen molar-refractivity contribution in [2.45, 2.75) is 0 Å². The highest BCUT2D eigenvalue weighted by atomic mass is 32.1. The number of hydrogen-bond acceptors (Lipinski definition) is 4. The quantitative estimate of drug-likeness (QED) is 0.122. The number of aromatic nitrogens is 2. The molecule has 492 valence electrons. The highest BCUT2D eigenvalue weighted by molar-refractivity contribution is 7.25. The van der Waals surface area contributed by atoms with Crippen molar-refractivity contribution in [1.29, 1.82) is 0 Å². The van der Waals surface area contributed by atoms with E-state index in [1.807, 2.05) is 53.8 Å². The number of hydrogen-bond donors (Lipinski definition) is 0. The maximum atomic E-state index is 13.7. The predicted molar refractivity (Wildman–Crippen MR) is 433 cm³/mol. The number of thiophene rings is 1. The zero-order valence-corrected chi connectivity index (χ0v) is 57.0. The maximum Gasteiger partial charge on any atom is 0.137 e. The van der Waals surface area contributed by atoms with Gasteiger partial charge >= 0.3 is 0 Å². The molecule has 0 aliphatic rings. The number of halogens is 2. The second-order valence-corrected chi connectivity index (χ2v) is 27.4. The lowest BCUT2D eigenvalue weighted by molar-refractivity contribution is 0.627. The summed E-state index contributed by atoms with van der Waals surface area (Å²) in [4.78, 5) is 4.57. The summed E-state index contributed by atoms with van der Waals surface area (Å²) < 4.78 is 40.9. The van der Waals surface area contributed by atoms with Crippen LogP contribution in [0, 0.1) is 11.6 Å². The Hall–Kier alpha value is -13.4. The van der Waals surface area contributed by atoms with Crippen molar-refractivity contribution >= 4 is 131 Å². The first-order valence-corrected chi connectivity index (χ1v) is 35.7. The zero-order chi connectivity index (χ0) is 69.2. The monoisotopic (exact) mass is 1360 g/mol. The molecule has 0 N–H and O–H groups in total. The molecule has 0 saturated carbocycles. The molecule has 0 aliphatic carbocycles. The van der Waals surface area contributed by atoms with E-state index in [9.17, 15) is 8.78 Å². The van der Waals surface area contributed by atoms with Gasteiger partial charge in [0.1, 0.15) is 22.8 Å². The van der Waals surface area contributed by atoms with Gasteiger partial charge in [0.15, 0.2) is 0 Å². The Bertz CT molecular complexity index is 6180. The van der Waals surface area contributed by atoms with Gasteiger partial charge in [0.05, 0.1) is 22.1 Å². The molecule has 0 saturated heterocycles. The molecular weight excluding hydrogens is 1300 g/mol. The van der Waals surface area contributed by atoms with E-state index in [-0.39, 0.29) is 11.6 Å². The summed E-state index contributed by atoms with van der Waals surface area (Å²) in [6.07, 6.45) is 0. The highest BCUT2D eigenvalue weighted by Crippen LogP contribution is 2.45. The van der Waals surface area contributed by atoms with Gasteiger partial charge in [-0.2, -0.15) is 0 Å². The van der Waals surface area contributed by atoms with E-state index < -0.39 is 0 Å². The predicted octanol–water partition coefficient (Wildman–Crippen LogP) is 27.7. The summed E-state index contributed by atoms with van der Waals surface area (Å²) in [7, 11) is 0. The smallest absolute Gasteiger partial charge is 0.137 e. The number of para-hydroxylation sites is 5. The molecule has 0 atom stereocenters. The normalized spacial score (nSPS) is 11.6. The van der Waals surface area contributed by atoms with Crippen LogP contribution in [-0.2, 0) is 0 Å². The molecule has 0 unspecified atom stereocenters. The van der Waals surface area contributed by atoms with Crippen LogP contribution in [0.4, 0.5) is 42.9 Å². The second kappa shape index (κ2) is 26.0. The van der Waals surface area contributed by atoms with Gasteiger partial charge in [-0.1, -0.05) is 200 Å². The number of fused-ring (bicyclic) bond motifs is 12. The van der Waals surface area contributed by atoms with E-state index in [2.05, 4.69) is 328 Å². The maximum absolute atomic E-state index is 13.7. The first-order chi connectivity index (χ1) is 51.3. The van der Waals surface area contributed by atoms with Gasteiger partial charge < -0.3 is 23.4 Å². The van der Waals surface area contributed by atoms with Gasteiger partial charge in [-0.15, -0.1) is 11.3 Å². The zero-order valence-electron chi connectivity index (χ0n) is 56.2. The first-order valence-electron chi connectivity index (χ1n) is 34.9. The largest absolute Gasteiger partial charge is 0.456 e. The van der Waals surface area contributed by atoms with Crippen LogP contribution in [0.15, 0.2) is 381 Å². The molecule has 4 aromatic heterocycles. The summed E-state index contributed by atoms with van der Waals surface area (Å²) in [5, 5.41) is 9.69. The van der Waals surface area contributed by atoms with E-state index >= 15 is 0 Å². The van der Waals surface area contributed by atoms with Crippen molar-refractivity contribution in [1.82, 2.24) is 9.13 Å². The topological polar surface area (TPSA) is 29.5 Å². The van der Waals surface area contributed by atoms with Crippen molar-refractivity contribution < 1.29 is 13.2 Å². The van der Waals surface area contributed by atoms with Crippen LogP contribution >= 0.6 is 11.3 Å². The Morgan fingerprint density at radius 2 is 0.548 bits per heavy atom. The van der Waals surface area contributed by atoms with Gasteiger partial charge in [-0.25, -0.2) is 8.78 Å². The molecule has 0 amide bonds. The van der Waals surface area contributed by atoms with Gasteiger partial charge in [0.25, 0.3) is 0 Å². The second-order valence-electron chi connectivity index (χ2n) is 26.3. The molecule has 0 radical (unpaired) electrons. The minimum absolute atomic E-state index is 0.231. The molecule has 0 bridgehead atoms. The van der Waals surface area contributed by atoms with Crippen LogP contribution in [0.5, 0.6) is 0 Å². The van der Waals surface area contributed by atoms with Gasteiger partial charge in [-0.05, 0) is 214 Å². The van der Waals surface area contributed by atoms with E-state index in [4.69, 9.17) is 4.42 Å². The van der Waals surface area contributed by atoms with Crippen LogP contribution in [0.1, 0.15) is 0 Å². The van der Waals surface area contributed by atoms with Crippen LogP contribution in [0.3, 0.4) is 0 Å². The molecular formula is C96H62F2N4OS. The van der Waals surface area contributed by atoms with E-state index in [0.29, 0.717) is 0 Å². The minimum atomic E-state index is -0.241. The summed E-state index contributed by atoms with van der Waals surface area (Å²) in [6, 6.07) is 130. The molecule has 0 aliphatic heterocycles. The summed E-state index contributed by atoms with van der Waals surface area (Å²) >= 11 is 1.83. The lowest BCUT2D eigenvalue weighted by atomic mass is 10.0. The third-order valence-corrected chi connectivity index (χ3v) is 21.3. The van der Waals surface area contributed by atoms with Crippen LogP contribution in [0.2, 0.25) is 0 Å². The fourth-order valence-electron chi connectivity index (χ4n) is 15.1. The molecule has 0 fully saturated rings. The number of anilines is 6. The Kier molecular flexibility index (Phi) is 15.4. The molecule has 16 aromatic carbocycles. The molecule has 5 nitrogen and oxygen atoms in total. The number of furan rings is 1. The van der Waals surface area contributed by atoms with Gasteiger partial charge in [-0.3, -0.25) is 0 Å². The number of rotatable bonds is 12. The highest BCUT2D eigenvalue weighted by Gasteiger charge is 2.21. The number of nitrogens with zero attached hydrogens (tertiary/aromatic N) is 4. The standard InChI is InChI=1S/C48H31FN2O.C48H31FN2S/c2*49-36-21-14-32(15-22-36)33-16-23-38(24-17-33)50(40-27-28-43-42-11-5-7-13-47(42)52-48(43)31-40)39-25-18-34(19-26-39)35-20-29-46-44(30-35)41-10-4-6-12-45(41)51(46)37-8-2-1-3-9-37/h2*1-31H. The van der Waals surface area contributed by atoms with Crippen LogP contribution < -0.4 is 9.80 Å². The summed E-state index contributed by atoms with van der Waals surface area (Å²) in [6.45, 7) is 0. The molecule has 20 rings (SSSR count). The first kappa shape index (κ1) is 61.7. The fraction of sp³-hybridized carbons (Fsp3) is 0. The van der Waals surface area contributed by atoms with Gasteiger partial charge in [0.2, 0.25) is 0 Å². The Morgan fingerprint density at radius 1 is 0.221 bits per heavy atom. The third kappa shape index (κ3) is 11.2. The van der Waals surface area contributed by atoms with Crippen molar-refractivity contribution in [2.24, 2.45) is 0 Å². The van der Waals surface area contributed by atoms with Crippen molar-refractivity contribution in [2.75, 3.05) is 9.80 Å². The Morgan fingerprint density at radius 3 is 1.02 bits per heavy atom. The number of benzene rings is 16. The minimum Gasteiger partial charge on any atom is -0.456 e. The molecule has 4 heterocycles. The van der Waals surface area contributed by atoms with E-state index in [1.54, 1.807) is 0 Å². The summed E-state index contributed by atoms with van der Waals surface area (Å²) in [5.74, 6) is -0.472. The average molecular weight is 1360 g/mol. The van der Waals surface area contributed by atoms with Crippen molar-refractivity contribution in [3.63, 3.8) is 0 Å². The van der Waals surface area contributed by atoms with Crippen molar-refractivity contribution in [3.8, 4) is 55.9 Å². The van der Waals surface area contributed by atoms with Crippen LogP contribution in [-0.4, -0.2) is 9.13 Å². The lowest BCUT2D eigenvalue weighted by Gasteiger charge is -2.26. The Balaban J connectivity index is 0.000000143. The average Bonchev–Trinajstić information content (AvgIpc) is 1.53. The summed E-state index contributed by atoms with van der Waals surface area (Å²) in [5.41, 5.74) is 23.7. The molecule has 8 heteroatoms. The molecule has 20 aromatic rings. The van der Waals surface area contributed by atoms with Crippen molar-refractivity contribution in [3.05, 3.63) is 388 Å². The van der Waals surface area contributed by atoms with E-state index in [0.717, 1.165) is 106 Å². The molecule has 0 spiro atoms. The van der Waals surface area contributed by atoms with E-state index in [1.165, 1.54) is 93.6 Å². The molecule has 104 heavy (non-hydrogen) atoms. The van der Waals surface area contributed by atoms with Gasteiger partial charge in [0, 0.05) is 104 Å². The van der Waals surface area contributed by atoms with Crippen LogP contribution in [0.25, 0.3) is 142 Å². The SMILES string of the molecule is Fc1ccc(-c2ccc(N(c3ccc(-c4ccc5c(c4)c4ccccc4n5-c4ccccc4)cc3)c3ccc4c(c3)oc3ccccc34)cc2)cc1.Fc1ccc(-c2ccc(N(c3ccc(-c4ccc5c(c4)c4ccccc4n5-c4ccccc4)cc3)c3ccc4c(c3)sc3ccccc34)cc2)cc1.